The van der Waals surface area contributed by atoms with E-state index in [0.29, 0.717) is 23.4 Å². The van der Waals surface area contributed by atoms with E-state index in [9.17, 15) is 0 Å². The molecule has 0 saturated carbocycles. The first-order chi connectivity index (χ1) is 31.6. The summed E-state index contributed by atoms with van der Waals surface area (Å²) in [6.07, 6.45) is 5.41. The zero-order chi connectivity index (χ0) is 42.0. The fraction of sp³-hybridized carbons (Fsp3) is 0.0517. The number of nitrogens with zero attached hydrogens (tertiary/aromatic N) is 4. The van der Waals surface area contributed by atoms with E-state index < -0.39 is 0 Å². The molecule has 1 unspecified atom stereocenters. The van der Waals surface area contributed by atoms with Crippen molar-refractivity contribution in [1.82, 2.24) is 19.5 Å². The first-order valence-corrected chi connectivity index (χ1v) is 21.9. The molecule has 0 fully saturated rings. The highest BCUT2D eigenvalue weighted by atomic mass is 16.3. The van der Waals surface area contributed by atoms with Crippen molar-refractivity contribution in [2.75, 3.05) is 0 Å². The Labute approximate surface area is 366 Å². The average molecular weight is 821 g/mol. The van der Waals surface area contributed by atoms with Crippen molar-refractivity contribution in [2.45, 2.75) is 13.3 Å². The van der Waals surface area contributed by atoms with Crippen LogP contribution in [0.5, 0.6) is 0 Å². The van der Waals surface area contributed by atoms with Gasteiger partial charge in [0.2, 0.25) is 0 Å². The summed E-state index contributed by atoms with van der Waals surface area (Å²) in [4.78, 5) is 16.2. The Kier molecular flexibility index (Phi) is 7.34. The maximum absolute atomic E-state index is 7.01. The van der Waals surface area contributed by atoms with Gasteiger partial charge in [-0.3, -0.25) is 0 Å². The van der Waals surface area contributed by atoms with Crippen molar-refractivity contribution >= 4 is 93.3 Å². The van der Waals surface area contributed by atoms with Crippen LogP contribution < -0.4 is 0 Å². The second-order valence-electron chi connectivity index (χ2n) is 17.2. The minimum Gasteiger partial charge on any atom is -0.456 e. The van der Waals surface area contributed by atoms with Crippen LogP contribution in [0.25, 0.3) is 133 Å². The summed E-state index contributed by atoms with van der Waals surface area (Å²) in [5, 5.41) is 11.2. The summed E-state index contributed by atoms with van der Waals surface area (Å²) in [7, 11) is 0. The Hall–Kier alpha value is -8.35. The molecule has 6 nitrogen and oxygen atoms in total. The Morgan fingerprint density at radius 2 is 1.20 bits per heavy atom. The highest BCUT2D eigenvalue weighted by Gasteiger charge is 2.25. The quantitative estimate of drug-likeness (QED) is 0.177. The Balaban J connectivity index is 1.10. The smallest absolute Gasteiger partial charge is 0.167 e. The molecule has 0 spiro atoms. The summed E-state index contributed by atoms with van der Waals surface area (Å²) < 4.78 is 15.7. The van der Waals surface area contributed by atoms with Crippen LogP contribution in [0.1, 0.15) is 18.1 Å². The van der Waals surface area contributed by atoms with Crippen LogP contribution in [0.3, 0.4) is 0 Å². The molecule has 1 aliphatic carbocycles. The third-order valence-electron chi connectivity index (χ3n) is 13.3. The molecule has 300 valence electrons. The van der Waals surface area contributed by atoms with E-state index in [1.807, 2.05) is 24.3 Å². The van der Waals surface area contributed by atoms with Crippen molar-refractivity contribution in [3.05, 3.63) is 187 Å². The standard InChI is InChI=1S/C58H36N4O2/c1-33-21-22-35-14-10-18-43(44(35)27-33)57-59-56(38-24-25-52-46(29-38)42-17-7-9-20-51(42)63-52)60-58(61-57)48-32-39(31-47-54-40-15-5-4-11-34(40)23-26-53(54)64-55(47)48)62-49-19-8-6-16-41(49)45-28-36-12-2-3-13-37(36)30-50(45)62/h2-26,28-33H,27H2,1H3. The van der Waals surface area contributed by atoms with E-state index in [4.69, 9.17) is 23.8 Å². The zero-order valence-corrected chi connectivity index (χ0v) is 34.7. The molecule has 0 N–H and O–H groups in total. The van der Waals surface area contributed by atoms with E-state index >= 15 is 0 Å². The Bertz CT molecular complexity index is 4150. The molecule has 0 saturated heterocycles. The number of aromatic nitrogens is 4. The number of rotatable bonds is 4. The van der Waals surface area contributed by atoms with E-state index in [-0.39, 0.29) is 0 Å². The van der Waals surface area contributed by atoms with Crippen LogP contribution in [0.4, 0.5) is 0 Å². The average Bonchev–Trinajstić information content (AvgIpc) is 4.02. The minimum absolute atomic E-state index is 0.385. The number of furan rings is 2. The van der Waals surface area contributed by atoms with Gasteiger partial charge in [-0.25, -0.2) is 15.0 Å². The van der Waals surface area contributed by atoms with Crippen molar-refractivity contribution < 1.29 is 8.83 Å². The number of benzene rings is 9. The normalized spacial score (nSPS) is 14.0. The molecular weight excluding hydrogens is 785 g/mol. The lowest BCUT2D eigenvalue weighted by Crippen LogP contribution is -2.08. The second kappa shape index (κ2) is 13.3. The van der Waals surface area contributed by atoms with Gasteiger partial charge in [-0.15, -0.1) is 0 Å². The molecular formula is C58H36N4O2. The first kappa shape index (κ1) is 35.3. The lowest BCUT2D eigenvalue weighted by Gasteiger charge is -2.19. The van der Waals surface area contributed by atoms with E-state index in [2.05, 4.69) is 169 Å². The van der Waals surface area contributed by atoms with E-state index in [1.165, 1.54) is 32.7 Å². The van der Waals surface area contributed by atoms with E-state index in [1.54, 1.807) is 0 Å². The van der Waals surface area contributed by atoms with Crippen LogP contribution >= 0.6 is 0 Å². The predicted octanol–water partition coefficient (Wildman–Crippen LogP) is 15.3. The van der Waals surface area contributed by atoms with Crippen LogP contribution in [0.2, 0.25) is 0 Å². The van der Waals surface area contributed by atoms with Crippen LogP contribution in [0.15, 0.2) is 185 Å². The third kappa shape index (κ3) is 5.23. The van der Waals surface area contributed by atoms with Crippen LogP contribution in [0, 0.1) is 5.92 Å². The van der Waals surface area contributed by atoms with Crippen molar-refractivity contribution in [1.29, 1.82) is 0 Å². The summed E-state index contributed by atoms with van der Waals surface area (Å²) in [6.45, 7) is 2.26. The molecule has 14 rings (SSSR count). The van der Waals surface area contributed by atoms with Gasteiger partial charge in [0, 0.05) is 49.1 Å². The van der Waals surface area contributed by atoms with Gasteiger partial charge >= 0.3 is 0 Å². The van der Waals surface area contributed by atoms with Gasteiger partial charge in [0.25, 0.3) is 0 Å². The molecule has 0 radical (unpaired) electrons. The molecule has 64 heavy (non-hydrogen) atoms. The fourth-order valence-corrected chi connectivity index (χ4v) is 10.3. The molecule has 4 heterocycles. The molecule has 0 amide bonds. The monoisotopic (exact) mass is 820 g/mol. The SMILES string of the molecule is CC1C=Cc2cccc(-c3nc(-c4ccc5oc6ccccc6c5c4)nc(-c4cc(-n5c6ccccc6c6cc7ccccc7cc65)cc5c4oc4ccc6ccccc6c45)n3)c2C1. The minimum atomic E-state index is 0.385. The fourth-order valence-electron chi connectivity index (χ4n) is 10.3. The first-order valence-electron chi connectivity index (χ1n) is 21.9. The van der Waals surface area contributed by atoms with Crippen molar-refractivity contribution in [3.8, 4) is 39.9 Å². The summed E-state index contributed by atoms with van der Waals surface area (Å²) in [5.41, 5.74) is 11.5. The largest absolute Gasteiger partial charge is 0.456 e. The lowest BCUT2D eigenvalue weighted by atomic mass is 9.87. The molecule has 1 atom stereocenters. The molecule has 4 aromatic heterocycles. The molecule has 0 bridgehead atoms. The third-order valence-corrected chi connectivity index (χ3v) is 13.3. The summed E-state index contributed by atoms with van der Waals surface area (Å²) >= 11 is 0. The number of hydrogen-bond acceptors (Lipinski definition) is 5. The maximum Gasteiger partial charge on any atom is 0.167 e. The van der Waals surface area contributed by atoms with Gasteiger partial charge in [-0.05, 0) is 106 Å². The maximum atomic E-state index is 7.01. The lowest BCUT2D eigenvalue weighted by molar-refractivity contribution is 0.669. The molecule has 9 aromatic carbocycles. The number of hydrogen-bond donors (Lipinski definition) is 0. The Morgan fingerprint density at radius 1 is 0.484 bits per heavy atom. The number of fused-ring (bicyclic) bond motifs is 13. The van der Waals surface area contributed by atoms with Crippen molar-refractivity contribution in [2.24, 2.45) is 5.92 Å². The van der Waals surface area contributed by atoms with E-state index in [0.717, 1.165) is 94.5 Å². The Morgan fingerprint density at radius 3 is 2.09 bits per heavy atom. The summed E-state index contributed by atoms with van der Waals surface area (Å²) in [6, 6.07) is 60.1. The highest BCUT2D eigenvalue weighted by molar-refractivity contribution is 6.21. The van der Waals surface area contributed by atoms with Gasteiger partial charge in [0.15, 0.2) is 17.5 Å². The van der Waals surface area contributed by atoms with Gasteiger partial charge in [-0.1, -0.05) is 128 Å². The summed E-state index contributed by atoms with van der Waals surface area (Å²) in [5.74, 6) is 2.12. The zero-order valence-electron chi connectivity index (χ0n) is 34.7. The van der Waals surface area contributed by atoms with Crippen LogP contribution in [-0.4, -0.2) is 19.5 Å². The number of para-hydroxylation sites is 2. The second-order valence-corrected chi connectivity index (χ2v) is 17.2. The molecule has 1 aliphatic rings. The van der Waals surface area contributed by atoms with Crippen LogP contribution in [-0.2, 0) is 6.42 Å². The topological polar surface area (TPSA) is 69.9 Å². The van der Waals surface area contributed by atoms with Gasteiger partial charge in [0.1, 0.15) is 22.3 Å². The predicted molar refractivity (Wildman–Crippen MR) is 262 cm³/mol. The van der Waals surface area contributed by atoms with Crippen molar-refractivity contribution in [3.63, 3.8) is 0 Å². The molecule has 6 heteroatoms. The molecule has 0 aliphatic heterocycles. The van der Waals surface area contributed by atoms with Gasteiger partial charge in [0.05, 0.1) is 16.6 Å². The van der Waals surface area contributed by atoms with Gasteiger partial charge in [-0.2, -0.15) is 0 Å². The van der Waals surface area contributed by atoms with Gasteiger partial charge < -0.3 is 13.4 Å². The number of allylic oxidation sites excluding steroid dienone is 1. The highest BCUT2D eigenvalue weighted by Crippen LogP contribution is 2.44. The molecule has 13 aromatic rings.